The van der Waals surface area contributed by atoms with Crippen LogP contribution < -0.4 is 4.74 Å². The van der Waals surface area contributed by atoms with E-state index < -0.39 is 5.82 Å². The highest BCUT2D eigenvalue weighted by atomic mass is 35.5. The summed E-state index contributed by atoms with van der Waals surface area (Å²) in [5.41, 5.74) is 0.204. The zero-order chi connectivity index (χ0) is 9.14. The third-order valence-corrected chi connectivity index (χ3v) is 1.75. The predicted octanol–water partition coefficient (Wildman–Crippen LogP) is 2.36. The summed E-state index contributed by atoms with van der Waals surface area (Å²) in [4.78, 5) is 0. The topological polar surface area (TPSA) is 33.0 Å². The van der Waals surface area contributed by atoms with Crippen molar-refractivity contribution in [3.8, 4) is 11.8 Å². The first-order valence-electron chi connectivity index (χ1n) is 3.12. The van der Waals surface area contributed by atoms with Crippen molar-refractivity contribution >= 4 is 11.6 Å². The number of methoxy groups -OCH3 is 1. The van der Waals surface area contributed by atoms with Crippen LogP contribution in [0.1, 0.15) is 5.56 Å². The zero-order valence-electron chi connectivity index (χ0n) is 6.27. The monoisotopic (exact) mass is 185 g/mol. The van der Waals surface area contributed by atoms with E-state index >= 15 is 0 Å². The molecule has 1 aromatic rings. The van der Waals surface area contributed by atoms with Crippen LogP contribution in [0.25, 0.3) is 0 Å². The summed E-state index contributed by atoms with van der Waals surface area (Å²) in [5, 5.41) is 8.53. The number of hydrogen-bond acceptors (Lipinski definition) is 2. The van der Waals surface area contributed by atoms with Gasteiger partial charge in [0.2, 0.25) is 0 Å². The van der Waals surface area contributed by atoms with Gasteiger partial charge in [0.1, 0.15) is 11.1 Å². The highest BCUT2D eigenvalue weighted by molar-refractivity contribution is 6.33. The highest BCUT2D eigenvalue weighted by Crippen LogP contribution is 2.30. The average Bonchev–Trinajstić information content (AvgIpc) is 2.06. The van der Waals surface area contributed by atoms with Gasteiger partial charge in [-0.25, -0.2) is 4.39 Å². The van der Waals surface area contributed by atoms with Crippen molar-refractivity contribution in [2.45, 2.75) is 0 Å². The van der Waals surface area contributed by atoms with Crippen molar-refractivity contribution in [3.63, 3.8) is 0 Å². The number of nitrogens with zero attached hydrogens (tertiary/aromatic N) is 1. The first-order valence-corrected chi connectivity index (χ1v) is 3.50. The Morgan fingerprint density at radius 1 is 1.58 bits per heavy atom. The second-order valence-electron chi connectivity index (χ2n) is 2.05. The molecule has 0 amide bonds. The number of halogens is 2. The van der Waals surface area contributed by atoms with E-state index in [1.165, 1.54) is 13.2 Å². The third-order valence-electron chi connectivity index (χ3n) is 1.37. The predicted molar refractivity (Wildman–Crippen MR) is 42.7 cm³/mol. The van der Waals surface area contributed by atoms with E-state index in [4.69, 9.17) is 16.9 Å². The minimum atomic E-state index is -0.568. The maximum atomic E-state index is 12.8. The maximum absolute atomic E-state index is 12.8. The molecule has 0 fully saturated rings. The first-order chi connectivity index (χ1) is 5.70. The Balaban J connectivity index is 3.36. The lowest BCUT2D eigenvalue weighted by atomic mass is 10.2. The number of rotatable bonds is 1. The van der Waals surface area contributed by atoms with E-state index in [9.17, 15) is 4.39 Å². The molecule has 0 unspecified atom stereocenters. The molecular weight excluding hydrogens is 181 g/mol. The van der Waals surface area contributed by atoms with Crippen LogP contribution >= 0.6 is 11.6 Å². The molecule has 0 bridgehead atoms. The SMILES string of the molecule is COc1c(F)ccc(C#N)c1Cl. The summed E-state index contributed by atoms with van der Waals surface area (Å²) in [6, 6.07) is 4.27. The Hall–Kier alpha value is -1.27. The lowest BCUT2D eigenvalue weighted by molar-refractivity contribution is 0.386. The van der Waals surface area contributed by atoms with Gasteiger partial charge < -0.3 is 4.74 Å². The van der Waals surface area contributed by atoms with Gasteiger partial charge in [0.15, 0.2) is 11.6 Å². The van der Waals surface area contributed by atoms with Gasteiger partial charge in [-0.15, -0.1) is 0 Å². The summed E-state index contributed by atoms with van der Waals surface area (Å²) in [7, 11) is 1.30. The quantitative estimate of drug-likeness (QED) is 0.673. The third kappa shape index (κ3) is 1.34. The fraction of sp³-hybridized carbons (Fsp3) is 0.125. The summed E-state index contributed by atoms with van der Waals surface area (Å²) >= 11 is 5.63. The maximum Gasteiger partial charge on any atom is 0.174 e. The molecular formula is C8H5ClFNO. The van der Waals surface area contributed by atoms with E-state index in [2.05, 4.69) is 4.74 Å². The standard InChI is InChI=1S/C8H5ClFNO/c1-12-8-6(10)3-2-5(4-11)7(8)9/h2-3H,1H3. The molecule has 62 valence electrons. The molecule has 0 saturated carbocycles. The summed E-state index contributed by atoms with van der Waals surface area (Å²) in [5.74, 6) is -0.655. The molecule has 0 aliphatic rings. The summed E-state index contributed by atoms with van der Waals surface area (Å²) in [6.45, 7) is 0. The normalized spacial score (nSPS) is 9.17. The molecule has 1 rings (SSSR count). The molecule has 0 heterocycles. The van der Waals surface area contributed by atoms with Gasteiger partial charge in [0.25, 0.3) is 0 Å². The minimum absolute atomic E-state index is 0.0139. The minimum Gasteiger partial charge on any atom is -0.492 e. The Bertz CT molecular complexity index is 346. The lowest BCUT2D eigenvalue weighted by Gasteiger charge is -2.04. The van der Waals surface area contributed by atoms with Crippen LogP contribution in [0.5, 0.6) is 5.75 Å². The number of hydrogen-bond donors (Lipinski definition) is 0. The smallest absolute Gasteiger partial charge is 0.174 e. The van der Waals surface area contributed by atoms with Crippen LogP contribution in [0.15, 0.2) is 12.1 Å². The van der Waals surface area contributed by atoms with E-state index in [1.807, 2.05) is 6.07 Å². The fourth-order valence-corrected chi connectivity index (χ4v) is 1.08. The molecule has 0 N–H and O–H groups in total. The lowest BCUT2D eigenvalue weighted by Crippen LogP contribution is -1.91. The second kappa shape index (κ2) is 3.42. The number of nitriles is 1. The molecule has 0 atom stereocenters. The molecule has 0 aliphatic heterocycles. The Kier molecular flexibility index (Phi) is 2.51. The van der Waals surface area contributed by atoms with Crippen molar-refractivity contribution in [3.05, 3.63) is 28.5 Å². The number of ether oxygens (including phenoxy) is 1. The number of benzene rings is 1. The molecule has 0 aromatic heterocycles. The second-order valence-corrected chi connectivity index (χ2v) is 2.43. The van der Waals surface area contributed by atoms with Gasteiger partial charge in [-0.1, -0.05) is 11.6 Å². The Morgan fingerprint density at radius 2 is 2.25 bits per heavy atom. The van der Waals surface area contributed by atoms with Gasteiger partial charge in [0, 0.05) is 0 Å². The van der Waals surface area contributed by atoms with Crippen molar-refractivity contribution in [2.24, 2.45) is 0 Å². The van der Waals surface area contributed by atoms with Crippen LogP contribution in [0.2, 0.25) is 5.02 Å². The van der Waals surface area contributed by atoms with Gasteiger partial charge in [0.05, 0.1) is 12.7 Å². The zero-order valence-corrected chi connectivity index (χ0v) is 7.02. The van der Waals surface area contributed by atoms with Crippen LogP contribution in [0, 0.1) is 17.1 Å². The van der Waals surface area contributed by atoms with Gasteiger partial charge >= 0.3 is 0 Å². The van der Waals surface area contributed by atoms with Crippen molar-refractivity contribution in [1.82, 2.24) is 0 Å². The molecule has 2 nitrogen and oxygen atoms in total. The molecule has 0 aliphatic carbocycles. The first kappa shape index (κ1) is 8.82. The Morgan fingerprint density at radius 3 is 2.75 bits per heavy atom. The molecule has 0 spiro atoms. The van der Waals surface area contributed by atoms with Crippen LogP contribution in [0.3, 0.4) is 0 Å². The summed E-state index contributed by atoms with van der Waals surface area (Å²) in [6.07, 6.45) is 0. The molecule has 4 heteroatoms. The van der Waals surface area contributed by atoms with Gasteiger partial charge in [-0.2, -0.15) is 5.26 Å². The molecule has 0 radical (unpaired) electrons. The molecule has 0 saturated heterocycles. The van der Waals surface area contributed by atoms with Gasteiger partial charge in [-0.05, 0) is 12.1 Å². The van der Waals surface area contributed by atoms with E-state index in [0.29, 0.717) is 0 Å². The van der Waals surface area contributed by atoms with E-state index in [-0.39, 0.29) is 16.3 Å². The average molecular weight is 186 g/mol. The molecule has 12 heavy (non-hydrogen) atoms. The summed E-state index contributed by atoms with van der Waals surface area (Å²) < 4.78 is 17.5. The fourth-order valence-electron chi connectivity index (χ4n) is 0.806. The van der Waals surface area contributed by atoms with E-state index in [0.717, 1.165) is 6.07 Å². The highest BCUT2D eigenvalue weighted by Gasteiger charge is 2.11. The van der Waals surface area contributed by atoms with Crippen LogP contribution in [0.4, 0.5) is 4.39 Å². The molecule has 1 aromatic carbocycles. The van der Waals surface area contributed by atoms with Gasteiger partial charge in [-0.3, -0.25) is 0 Å². The van der Waals surface area contributed by atoms with Crippen LogP contribution in [-0.4, -0.2) is 7.11 Å². The van der Waals surface area contributed by atoms with Crippen molar-refractivity contribution in [2.75, 3.05) is 7.11 Å². The van der Waals surface area contributed by atoms with E-state index in [1.54, 1.807) is 0 Å². The van der Waals surface area contributed by atoms with Crippen molar-refractivity contribution in [1.29, 1.82) is 5.26 Å². The van der Waals surface area contributed by atoms with Crippen molar-refractivity contribution < 1.29 is 9.13 Å². The van der Waals surface area contributed by atoms with Crippen LogP contribution in [-0.2, 0) is 0 Å². The Labute approximate surface area is 74.1 Å². The largest absolute Gasteiger partial charge is 0.492 e.